The van der Waals surface area contributed by atoms with Crippen LogP contribution in [0.2, 0.25) is 0 Å². The molecule has 2 aromatic rings. The Bertz CT molecular complexity index is 530. The third kappa shape index (κ3) is 2.43. The van der Waals surface area contributed by atoms with Gasteiger partial charge in [0.05, 0.1) is 14.2 Å². The number of thiazole rings is 1. The number of nitrogens with two attached hydrogens (primary N) is 1. The Kier molecular flexibility index (Phi) is 3.78. The first-order valence-electron chi connectivity index (χ1n) is 5.21. The van der Waals surface area contributed by atoms with Crippen LogP contribution in [-0.2, 0) is 0 Å². The van der Waals surface area contributed by atoms with Crippen molar-refractivity contribution in [2.75, 3.05) is 14.2 Å². The number of benzene rings is 1. The van der Waals surface area contributed by atoms with Gasteiger partial charge >= 0.3 is 0 Å². The van der Waals surface area contributed by atoms with Crippen molar-refractivity contribution in [2.45, 2.75) is 0 Å². The number of nitrogens with zero attached hydrogens (tertiary/aromatic N) is 2. The summed E-state index contributed by atoms with van der Waals surface area (Å²) in [5.41, 5.74) is 6.47. The fourth-order valence-corrected chi connectivity index (χ4v) is 2.00. The van der Waals surface area contributed by atoms with Crippen LogP contribution in [0.25, 0.3) is 0 Å². The zero-order valence-corrected chi connectivity index (χ0v) is 10.9. The van der Waals surface area contributed by atoms with Gasteiger partial charge in [0, 0.05) is 11.6 Å². The highest BCUT2D eigenvalue weighted by Crippen LogP contribution is 2.37. The van der Waals surface area contributed by atoms with Crippen LogP contribution in [0.3, 0.4) is 0 Å². The predicted octanol–water partition coefficient (Wildman–Crippen LogP) is 2.20. The smallest absolute Gasteiger partial charge is 0.160 e. The Balaban J connectivity index is 2.47. The SMILES string of the molecule is COc1cccc(OC)c1N=C(N)c1nccs1. The van der Waals surface area contributed by atoms with E-state index in [4.69, 9.17) is 15.2 Å². The maximum Gasteiger partial charge on any atom is 0.160 e. The standard InChI is InChI=1S/C12H13N3O2S/c1-16-8-4-3-5-9(17-2)10(8)15-11(13)12-14-6-7-18-12/h3-7H,1-2H3,(H2,13,15). The molecule has 1 aromatic heterocycles. The molecule has 0 saturated carbocycles. The molecule has 0 aliphatic rings. The molecule has 18 heavy (non-hydrogen) atoms. The van der Waals surface area contributed by atoms with E-state index >= 15 is 0 Å². The van der Waals surface area contributed by atoms with Crippen LogP contribution < -0.4 is 15.2 Å². The van der Waals surface area contributed by atoms with Gasteiger partial charge in [-0.1, -0.05) is 6.07 Å². The Morgan fingerprint density at radius 2 is 1.94 bits per heavy atom. The molecular weight excluding hydrogens is 250 g/mol. The Morgan fingerprint density at radius 3 is 2.44 bits per heavy atom. The first-order chi connectivity index (χ1) is 8.76. The predicted molar refractivity (Wildman–Crippen MR) is 72.0 cm³/mol. The minimum absolute atomic E-state index is 0.341. The first-order valence-corrected chi connectivity index (χ1v) is 6.09. The van der Waals surface area contributed by atoms with Crippen molar-refractivity contribution in [2.24, 2.45) is 10.7 Å². The van der Waals surface area contributed by atoms with Gasteiger partial charge in [0.15, 0.2) is 10.8 Å². The van der Waals surface area contributed by atoms with Gasteiger partial charge in [0.25, 0.3) is 0 Å². The van der Waals surface area contributed by atoms with Crippen LogP contribution in [-0.4, -0.2) is 25.0 Å². The molecule has 5 nitrogen and oxygen atoms in total. The molecule has 0 atom stereocenters. The molecule has 1 heterocycles. The van der Waals surface area contributed by atoms with Gasteiger partial charge < -0.3 is 15.2 Å². The maximum atomic E-state index is 5.91. The summed E-state index contributed by atoms with van der Waals surface area (Å²) < 4.78 is 10.5. The van der Waals surface area contributed by atoms with Gasteiger partial charge in [0.1, 0.15) is 17.2 Å². The Labute approximate surface area is 109 Å². The largest absolute Gasteiger partial charge is 0.494 e. The quantitative estimate of drug-likeness (QED) is 0.678. The average molecular weight is 263 g/mol. The van der Waals surface area contributed by atoms with Crippen molar-refractivity contribution in [3.63, 3.8) is 0 Å². The van der Waals surface area contributed by atoms with Crippen LogP contribution in [0.1, 0.15) is 5.01 Å². The average Bonchev–Trinajstić information content (AvgIpc) is 2.93. The Hall–Kier alpha value is -2.08. The van der Waals surface area contributed by atoms with E-state index < -0.39 is 0 Å². The third-order valence-electron chi connectivity index (χ3n) is 2.29. The molecule has 0 fully saturated rings. The van der Waals surface area contributed by atoms with E-state index in [0.717, 1.165) is 0 Å². The van der Waals surface area contributed by atoms with Gasteiger partial charge in [-0.3, -0.25) is 0 Å². The second-order valence-electron chi connectivity index (χ2n) is 3.35. The number of hydrogen-bond acceptors (Lipinski definition) is 5. The second kappa shape index (κ2) is 5.50. The van der Waals surface area contributed by atoms with Crippen molar-refractivity contribution in [1.29, 1.82) is 0 Å². The number of para-hydroxylation sites is 1. The minimum atomic E-state index is 0.341. The van der Waals surface area contributed by atoms with Gasteiger partial charge in [-0.2, -0.15) is 0 Å². The van der Waals surface area contributed by atoms with Crippen LogP contribution in [0.4, 0.5) is 5.69 Å². The van der Waals surface area contributed by atoms with Gasteiger partial charge in [0.2, 0.25) is 0 Å². The van der Waals surface area contributed by atoms with Crippen molar-refractivity contribution >= 4 is 22.9 Å². The highest BCUT2D eigenvalue weighted by Gasteiger charge is 2.10. The van der Waals surface area contributed by atoms with E-state index in [1.54, 1.807) is 32.5 Å². The van der Waals surface area contributed by atoms with E-state index in [2.05, 4.69) is 9.98 Å². The first kappa shape index (κ1) is 12.4. The number of ether oxygens (including phenoxy) is 2. The molecule has 0 aliphatic carbocycles. The van der Waals surface area contributed by atoms with Crippen molar-refractivity contribution in [3.05, 3.63) is 34.8 Å². The molecule has 0 bridgehead atoms. The van der Waals surface area contributed by atoms with Crippen LogP contribution in [0, 0.1) is 0 Å². The Morgan fingerprint density at radius 1 is 1.28 bits per heavy atom. The topological polar surface area (TPSA) is 69.7 Å². The lowest BCUT2D eigenvalue weighted by Gasteiger charge is -2.09. The summed E-state index contributed by atoms with van der Waals surface area (Å²) in [4.78, 5) is 8.44. The summed E-state index contributed by atoms with van der Waals surface area (Å²) in [6, 6.07) is 5.43. The molecule has 2 rings (SSSR count). The van der Waals surface area contributed by atoms with Gasteiger partial charge in [-0.05, 0) is 12.1 Å². The van der Waals surface area contributed by atoms with E-state index in [0.29, 0.717) is 28.0 Å². The molecule has 1 aromatic carbocycles. The fourth-order valence-electron chi connectivity index (χ4n) is 1.46. The molecule has 0 saturated heterocycles. The van der Waals surface area contributed by atoms with E-state index in [1.807, 2.05) is 11.4 Å². The molecule has 0 aliphatic heterocycles. The maximum absolute atomic E-state index is 5.91. The molecule has 94 valence electrons. The van der Waals surface area contributed by atoms with Crippen LogP contribution in [0.15, 0.2) is 34.8 Å². The number of aliphatic imine (C=N–C) groups is 1. The molecule has 0 radical (unpaired) electrons. The molecule has 0 spiro atoms. The molecule has 6 heteroatoms. The lowest BCUT2D eigenvalue weighted by Crippen LogP contribution is -2.12. The van der Waals surface area contributed by atoms with E-state index in [1.165, 1.54) is 11.3 Å². The lowest BCUT2D eigenvalue weighted by molar-refractivity contribution is 0.397. The third-order valence-corrected chi connectivity index (χ3v) is 3.08. The molecule has 0 amide bonds. The fraction of sp³-hybridized carbons (Fsp3) is 0.167. The van der Waals surface area contributed by atoms with E-state index in [-0.39, 0.29) is 0 Å². The number of methoxy groups -OCH3 is 2. The van der Waals surface area contributed by atoms with Crippen LogP contribution >= 0.6 is 11.3 Å². The van der Waals surface area contributed by atoms with Crippen LogP contribution in [0.5, 0.6) is 11.5 Å². The second-order valence-corrected chi connectivity index (χ2v) is 4.24. The zero-order chi connectivity index (χ0) is 13.0. The lowest BCUT2D eigenvalue weighted by atomic mass is 10.2. The summed E-state index contributed by atoms with van der Waals surface area (Å²) in [5, 5.41) is 2.51. The van der Waals surface area contributed by atoms with E-state index in [9.17, 15) is 0 Å². The molecule has 0 unspecified atom stereocenters. The van der Waals surface area contributed by atoms with Crippen molar-refractivity contribution in [3.8, 4) is 11.5 Å². The molecule has 2 N–H and O–H groups in total. The number of rotatable bonds is 4. The van der Waals surface area contributed by atoms with Gasteiger partial charge in [-0.25, -0.2) is 9.98 Å². The highest BCUT2D eigenvalue weighted by atomic mass is 32.1. The summed E-state index contributed by atoms with van der Waals surface area (Å²) in [5.74, 6) is 1.55. The van der Waals surface area contributed by atoms with Crippen molar-refractivity contribution < 1.29 is 9.47 Å². The van der Waals surface area contributed by atoms with Crippen molar-refractivity contribution in [1.82, 2.24) is 4.98 Å². The highest BCUT2D eigenvalue weighted by molar-refractivity contribution is 7.11. The normalized spacial score (nSPS) is 11.3. The summed E-state index contributed by atoms with van der Waals surface area (Å²) in [7, 11) is 3.15. The number of aromatic nitrogens is 1. The van der Waals surface area contributed by atoms with Gasteiger partial charge in [-0.15, -0.1) is 11.3 Å². The summed E-state index contributed by atoms with van der Waals surface area (Å²) in [6.45, 7) is 0. The summed E-state index contributed by atoms with van der Waals surface area (Å²) >= 11 is 1.43. The molecular formula is C12H13N3O2S. The zero-order valence-electron chi connectivity index (χ0n) is 10.1. The number of hydrogen-bond donors (Lipinski definition) is 1. The summed E-state index contributed by atoms with van der Waals surface area (Å²) in [6.07, 6.45) is 1.68. The minimum Gasteiger partial charge on any atom is -0.494 e. The monoisotopic (exact) mass is 263 g/mol. The number of amidine groups is 1.